The Labute approximate surface area is 142 Å². The molecule has 2 aromatic rings. The number of carboxylic acids is 1. The van der Waals surface area contributed by atoms with E-state index in [4.69, 9.17) is 5.11 Å². The van der Waals surface area contributed by atoms with Crippen LogP contribution in [0.5, 0.6) is 0 Å². The van der Waals surface area contributed by atoms with E-state index in [-0.39, 0.29) is 11.4 Å². The van der Waals surface area contributed by atoms with Crippen LogP contribution >= 0.6 is 0 Å². The monoisotopic (exact) mass is 379 g/mol. The normalized spacial score (nSPS) is 20.4. The average molecular weight is 379 g/mol. The number of anilines is 1. The van der Waals surface area contributed by atoms with E-state index >= 15 is 0 Å². The Hall–Kier alpha value is -2.72. The summed E-state index contributed by atoms with van der Waals surface area (Å²) in [6, 6.07) is 1.99. The molecule has 11 heteroatoms. The van der Waals surface area contributed by atoms with Crippen molar-refractivity contribution in [3.8, 4) is 0 Å². The van der Waals surface area contributed by atoms with Crippen molar-refractivity contribution < 1.29 is 36.2 Å². The fourth-order valence-electron chi connectivity index (χ4n) is 2.81. The van der Waals surface area contributed by atoms with Crippen LogP contribution in [-0.2, 0) is 0 Å². The highest BCUT2D eigenvalue weighted by molar-refractivity contribution is 5.86. The number of hydrogen-bond donors (Lipinski definition) is 2. The number of halogens is 6. The van der Waals surface area contributed by atoms with Crippen molar-refractivity contribution in [1.82, 2.24) is 9.78 Å². The molecule has 2 atom stereocenters. The van der Waals surface area contributed by atoms with Crippen molar-refractivity contribution in [3.05, 3.63) is 47.4 Å². The Morgan fingerprint density at radius 3 is 2.35 bits per heavy atom. The first-order chi connectivity index (χ1) is 12.0. The van der Waals surface area contributed by atoms with Gasteiger partial charge in [-0.1, -0.05) is 12.1 Å². The van der Waals surface area contributed by atoms with E-state index in [1.165, 1.54) is 12.1 Å². The van der Waals surface area contributed by atoms with Gasteiger partial charge in [-0.15, -0.1) is 0 Å². The molecule has 0 aliphatic carbocycles. The third-order valence-electron chi connectivity index (χ3n) is 4.10. The van der Waals surface area contributed by atoms with Crippen LogP contribution in [-0.4, -0.2) is 33.0 Å². The Bertz CT molecular complexity index is 831. The van der Waals surface area contributed by atoms with Crippen LogP contribution < -0.4 is 5.32 Å². The molecule has 0 fully saturated rings. The van der Waals surface area contributed by atoms with Crippen LogP contribution in [0.3, 0.4) is 0 Å². The Morgan fingerprint density at radius 2 is 1.81 bits per heavy atom. The number of carboxylic acid groups (broad SMARTS) is 1. The second kappa shape index (κ2) is 5.92. The van der Waals surface area contributed by atoms with Gasteiger partial charge >= 0.3 is 18.1 Å². The molecule has 3 rings (SSSR count). The molecular formula is C15H11F6N3O2. The number of fused-ring (bicyclic) bond motifs is 1. The minimum absolute atomic E-state index is 0.277. The number of alkyl halides is 5. The lowest BCUT2D eigenvalue weighted by molar-refractivity contribution is -0.301. The summed E-state index contributed by atoms with van der Waals surface area (Å²) < 4.78 is 80.1. The third kappa shape index (κ3) is 2.97. The fraction of sp³-hybridized carbons (Fsp3) is 0.333. The summed E-state index contributed by atoms with van der Waals surface area (Å²) in [5.41, 5.74) is -0.395. The van der Waals surface area contributed by atoms with Gasteiger partial charge in [0.05, 0.1) is 6.04 Å². The summed E-state index contributed by atoms with van der Waals surface area (Å²) in [6.07, 6.45) is -6.58. The first-order valence-corrected chi connectivity index (χ1v) is 7.30. The van der Waals surface area contributed by atoms with Gasteiger partial charge in [0.25, 0.3) is 0 Å². The van der Waals surface area contributed by atoms with Crippen LogP contribution in [0.15, 0.2) is 30.3 Å². The van der Waals surface area contributed by atoms with Crippen molar-refractivity contribution in [2.45, 2.75) is 30.6 Å². The Morgan fingerprint density at radius 1 is 1.19 bits per heavy atom. The zero-order valence-electron chi connectivity index (χ0n) is 12.8. The van der Waals surface area contributed by atoms with Gasteiger partial charge in [0.1, 0.15) is 17.7 Å². The van der Waals surface area contributed by atoms with E-state index < -0.39 is 48.1 Å². The maximum atomic E-state index is 14.0. The van der Waals surface area contributed by atoms with Gasteiger partial charge in [-0.3, -0.25) is 0 Å². The molecule has 1 aromatic carbocycles. The molecule has 1 aromatic heterocycles. The van der Waals surface area contributed by atoms with Gasteiger partial charge in [-0.05, 0) is 17.7 Å². The first-order valence-electron chi connectivity index (χ1n) is 7.30. The van der Waals surface area contributed by atoms with Crippen molar-refractivity contribution in [1.29, 1.82) is 0 Å². The molecular weight excluding hydrogens is 368 g/mol. The predicted octanol–water partition coefficient (Wildman–Crippen LogP) is 4.02. The quantitative estimate of drug-likeness (QED) is 0.791. The lowest BCUT2D eigenvalue weighted by atomic mass is 9.93. The van der Waals surface area contributed by atoms with E-state index in [0.29, 0.717) is 4.68 Å². The van der Waals surface area contributed by atoms with Crippen LogP contribution in [0, 0.1) is 5.82 Å². The summed E-state index contributed by atoms with van der Waals surface area (Å²) in [6.45, 7) is 0. The molecule has 26 heavy (non-hydrogen) atoms. The first kappa shape index (κ1) is 18.1. The van der Waals surface area contributed by atoms with Crippen molar-refractivity contribution in [3.63, 3.8) is 0 Å². The number of nitrogens with one attached hydrogen (secondary N) is 1. The molecule has 1 aliphatic rings. The fourth-order valence-corrected chi connectivity index (χ4v) is 2.81. The van der Waals surface area contributed by atoms with Crippen LogP contribution in [0.4, 0.5) is 32.2 Å². The number of rotatable bonds is 3. The van der Waals surface area contributed by atoms with Crippen molar-refractivity contribution in [2.24, 2.45) is 0 Å². The second-order valence-corrected chi connectivity index (χ2v) is 5.79. The van der Waals surface area contributed by atoms with Gasteiger partial charge in [0.2, 0.25) is 0 Å². The van der Waals surface area contributed by atoms with Gasteiger partial charge in [0.15, 0.2) is 5.69 Å². The summed E-state index contributed by atoms with van der Waals surface area (Å²) in [5, 5.41) is 15.0. The van der Waals surface area contributed by atoms with Gasteiger partial charge < -0.3 is 10.4 Å². The molecule has 0 bridgehead atoms. The molecule has 2 unspecified atom stereocenters. The molecule has 0 saturated carbocycles. The molecule has 5 nitrogen and oxygen atoms in total. The molecule has 2 heterocycles. The Balaban J connectivity index is 2.07. The van der Waals surface area contributed by atoms with E-state index in [1.54, 1.807) is 0 Å². The highest BCUT2D eigenvalue weighted by Crippen LogP contribution is 2.50. The number of carbonyl (C=O) groups is 1. The van der Waals surface area contributed by atoms with E-state index in [2.05, 4.69) is 10.4 Å². The number of nitrogens with zero attached hydrogens (tertiary/aromatic N) is 2. The highest BCUT2D eigenvalue weighted by Gasteiger charge is 2.64. The van der Waals surface area contributed by atoms with Gasteiger partial charge in [0, 0.05) is 12.5 Å². The molecule has 1 aliphatic heterocycles. The van der Waals surface area contributed by atoms with E-state index in [0.717, 1.165) is 18.2 Å². The van der Waals surface area contributed by atoms with Crippen LogP contribution in [0.25, 0.3) is 0 Å². The smallest absolute Gasteiger partial charge is 0.455 e. The van der Waals surface area contributed by atoms with Crippen LogP contribution in [0.2, 0.25) is 0 Å². The third-order valence-corrected chi connectivity index (χ3v) is 4.10. The number of benzene rings is 1. The summed E-state index contributed by atoms with van der Waals surface area (Å²) in [7, 11) is 0. The average Bonchev–Trinajstić information content (AvgIpc) is 2.97. The standard InChI is InChI=1S/C15H11F6N3O2/c16-8-3-1-7(2-4-8)9-5-11(14(17,18)15(19,20)21)24-12(22-9)6-10(23-24)13(25)26/h1-4,6,9,11,22H,5H2,(H,25,26). The Kier molecular flexibility index (Phi) is 4.12. The van der Waals surface area contributed by atoms with Gasteiger partial charge in [-0.25, -0.2) is 13.9 Å². The molecule has 140 valence electrons. The maximum Gasteiger partial charge on any atom is 0.455 e. The lowest BCUT2D eigenvalue weighted by Gasteiger charge is -2.37. The van der Waals surface area contributed by atoms with Crippen molar-refractivity contribution >= 4 is 11.8 Å². The molecule has 2 N–H and O–H groups in total. The second-order valence-electron chi connectivity index (χ2n) is 5.79. The van der Waals surface area contributed by atoms with Gasteiger partial charge in [-0.2, -0.15) is 27.1 Å². The zero-order chi connectivity index (χ0) is 19.3. The molecule has 0 radical (unpaired) electrons. The largest absolute Gasteiger partial charge is 0.476 e. The molecule has 0 spiro atoms. The van der Waals surface area contributed by atoms with E-state index in [9.17, 15) is 31.1 Å². The summed E-state index contributed by atoms with van der Waals surface area (Å²) >= 11 is 0. The lowest BCUT2D eigenvalue weighted by Crippen LogP contribution is -2.47. The highest BCUT2D eigenvalue weighted by atomic mass is 19.4. The maximum absolute atomic E-state index is 14.0. The number of aromatic carboxylic acids is 1. The SMILES string of the molecule is O=C(O)c1cc2n(n1)C(C(F)(F)C(F)(F)F)CC(c1ccc(F)cc1)N2. The topological polar surface area (TPSA) is 67.1 Å². The number of hydrogen-bond acceptors (Lipinski definition) is 3. The zero-order valence-corrected chi connectivity index (χ0v) is 12.8. The number of aromatic nitrogens is 2. The van der Waals surface area contributed by atoms with Crippen LogP contribution in [0.1, 0.15) is 34.6 Å². The van der Waals surface area contributed by atoms with E-state index in [1.807, 2.05) is 0 Å². The minimum atomic E-state index is -5.85. The van der Waals surface area contributed by atoms with Crippen molar-refractivity contribution in [2.75, 3.05) is 5.32 Å². The minimum Gasteiger partial charge on any atom is -0.476 e. The molecule has 0 saturated heterocycles. The summed E-state index contributed by atoms with van der Waals surface area (Å²) in [5.74, 6) is -7.61. The predicted molar refractivity (Wildman–Crippen MR) is 76.6 cm³/mol. The molecule has 0 amide bonds. The summed E-state index contributed by atoms with van der Waals surface area (Å²) in [4.78, 5) is 11.0.